The van der Waals surface area contributed by atoms with Crippen molar-refractivity contribution in [2.45, 2.75) is 44.3 Å². The summed E-state index contributed by atoms with van der Waals surface area (Å²) in [7, 11) is 0. The number of amides is 1. The number of rotatable bonds is 9. The van der Waals surface area contributed by atoms with E-state index >= 15 is 0 Å². The van der Waals surface area contributed by atoms with Gasteiger partial charge >= 0.3 is 0 Å². The minimum atomic E-state index is -0.0161. The van der Waals surface area contributed by atoms with Gasteiger partial charge in [0.1, 0.15) is 10.7 Å². The number of hydrogen-bond acceptors (Lipinski definition) is 6. The largest absolute Gasteiger partial charge is 0.356 e. The number of fused-ring (bicyclic) bond motifs is 3. The minimum absolute atomic E-state index is 0.0161. The van der Waals surface area contributed by atoms with Crippen molar-refractivity contribution in [1.82, 2.24) is 15.3 Å². The number of aryl methyl sites for hydroxylation is 2. The van der Waals surface area contributed by atoms with E-state index in [0.29, 0.717) is 36.8 Å². The second kappa shape index (κ2) is 8.82. The average Bonchev–Trinajstić information content (AvgIpc) is 3.16. The van der Waals surface area contributed by atoms with E-state index in [4.69, 9.17) is 5.73 Å². The van der Waals surface area contributed by atoms with E-state index in [1.165, 1.54) is 10.4 Å². The number of aromatic nitrogens is 2. The Kier molecular flexibility index (Phi) is 6.50. The van der Waals surface area contributed by atoms with Gasteiger partial charge in [-0.15, -0.1) is 11.3 Å². The molecule has 1 aliphatic carbocycles. The number of carbonyl (C=O) groups is 1. The van der Waals surface area contributed by atoms with Gasteiger partial charge in [-0.25, -0.2) is 4.98 Å². The molecule has 2 aromatic heterocycles. The summed E-state index contributed by atoms with van der Waals surface area (Å²) in [6, 6.07) is 0. The molecule has 4 N–H and O–H groups in total. The summed E-state index contributed by atoms with van der Waals surface area (Å²) in [5, 5.41) is 3.69. The van der Waals surface area contributed by atoms with Crippen LogP contribution in [0.25, 0.3) is 10.2 Å². The Bertz CT molecular complexity index is 800. The predicted molar refractivity (Wildman–Crippen MR) is 104 cm³/mol. The molecule has 0 atom stereocenters. The van der Waals surface area contributed by atoms with Crippen LogP contribution in [0.2, 0.25) is 0 Å². The predicted octanol–water partition coefficient (Wildman–Crippen LogP) is 1.95. The summed E-state index contributed by atoms with van der Waals surface area (Å²) >= 11 is 3.28. The first-order valence-corrected chi connectivity index (χ1v) is 10.7. The van der Waals surface area contributed by atoms with E-state index in [2.05, 4.69) is 15.3 Å². The molecule has 0 saturated heterocycles. The normalized spacial score (nSPS) is 13.3. The maximum Gasteiger partial charge on any atom is 0.259 e. The third kappa shape index (κ3) is 4.62. The van der Waals surface area contributed by atoms with Gasteiger partial charge in [-0.2, -0.15) is 11.8 Å². The highest BCUT2D eigenvalue weighted by atomic mass is 32.2. The average molecular weight is 381 g/mol. The molecular formula is C17H24N4O2S2. The Morgan fingerprint density at radius 3 is 3.08 bits per heavy atom. The number of H-pyrrole nitrogens is 1. The molecule has 0 fully saturated rings. The van der Waals surface area contributed by atoms with E-state index in [1.807, 2.05) is 0 Å². The first kappa shape index (κ1) is 18.4. The smallest absolute Gasteiger partial charge is 0.259 e. The Morgan fingerprint density at radius 1 is 1.36 bits per heavy atom. The molecular weight excluding hydrogens is 356 g/mol. The van der Waals surface area contributed by atoms with Crippen LogP contribution in [0.1, 0.15) is 41.9 Å². The molecule has 0 unspecified atom stereocenters. The molecule has 136 valence electrons. The molecule has 6 nitrogen and oxygen atoms in total. The fourth-order valence-electron chi connectivity index (χ4n) is 3.03. The van der Waals surface area contributed by atoms with Crippen molar-refractivity contribution >= 4 is 39.2 Å². The third-order valence-electron chi connectivity index (χ3n) is 4.29. The van der Waals surface area contributed by atoms with Crippen LogP contribution >= 0.6 is 23.1 Å². The number of carbonyl (C=O) groups excluding carboxylic acids is 1. The van der Waals surface area contributed by atoms with Crippen molar-refractivity contribution in [3.63, 3.8) is 0 Å². The maximum atomic E-state index is 12.4. The number of nitrogens with zero attached hydrogens (tertiary/aromatic N) is 1. The number of thioether (sulfide) groups is 1. The quantitative estimate of drug-likeness (QED) is 0.577. The highest BCUT2D eigenvalue weighted by Crippen LogP contribution is 2.34. The van der Waals surface area contributed by atoms with Crippen molar-refractivity contribution in [2.24, 2.45) is 5.73 Å². The monoisotopic (exact) mass is 380 g/mol. The summed E-state index contributed by atoms with van der Waals surface area (Å²) in [6.45, 7) is 1.35. The highest BCUT2D eigenvalue weighted by molar-refractivity contribution is 7.98. The van der Waals surface area contributed by atoms with Crippen LogP contribution in [-0.2, 0) is 23.4 Å². The van der Waals surface area contributed by atoms with Crippen LogP contribution in [0.4, 0.5) is 0 Å². The van der Waals surface area contributed by atoms with E-state index in [-0.39, 0.29) is 11.5 Å². The van der Waals surface area contributed by atoms with Crippen molar-refractivity contribution < 1.29 is 4.79 Å². The number of thiophene rings is 1. The molecule has 0 aliphatic heterocycles. The minimum Gasteiger partial charge on any atom is -0.356 e. The van der Waals surface area contributed by atoms with Crippen LogP contribution < -0.4 is 16.6 Å². The summed E-state index contributed by atoms with van der Waals surface area (Å²) in [5.41, 5.74) is 6.61. The van der Waals surface area contributed by atoms with Gasteiger partial charge in [0.2, 0.25) is 5.91 Å². The van der Waals surface area contributed by atoms with Crippen molar-refractivity contribution in [2.75, 3.05) is 18.8 Å². The first-order valence-electron chi connectivity index (χ1n) is 8.77. The third-order valence-corrected chi connectivity index (χ3v) is 6.45. The summed E-state index contributed by atoms with van der Waals surface area (Å²) < 4.78 is 0. The Balaban J connectivity index is 1.47. The number of nitrogens with two attached hydrogens (primary N) is 1. The molecule has 0 saturated carbocycles. The zero-order chi connectivity index (χ0) is 17.6. The number of aromatic amines is 1. The van der Waals surface area contributed by atoms with E-state index in [1.54, 1.807) is 23.1 Å². The molecule has 8 heteroatoms. The molecule has 2 aromatic rings. The molecule has 25 heavy (non-hydrogen) atoms. The zero-order valence-electron chi connectivity index (χ0n) is 14.2. The van der Waals surface area contributed by atoms with Crippen molar-refractivity contribution in [1.29, 1.82) is 0 Å². The lowest BCUT2D eigenvalue weighted by molar-refractivity contribution is -0.120. The molecule has 0 spiro atoms. The zero-order valence-corrected chi connectivity index (χ0v) is 15.9. The van der Waals surface area contributed by atoms with Crippen LogP contribution in [0, 0.1) is 0 Å². The summed E-state index contributed by atoms with van der Waals surface area (Å²) in [6.07, 6.45) is 5.54. The second-order valence-electron chi connectivity index (χ2n) is 6.20. The highest BCUT2D eigenvalue weighted by Gasteiger charge is 2.20. The fraction of sp³-hybridized carbons (Fsp3) is 0.588. The Morgan fingerprint density at radius 2 is 2.24 bits per heavy atom. The van der Waals surface area contributed by atoms with Gasteiger partial charge in [0.25, 0.3) is 5.56 Å². The molecule has 0 aromatic carbocycles. The van der Waals surface area contributed by atoms with E-state index < -0.39 is 0 Å². The maximum absolute atomic E-state index is 12.4. The Hall–Kier alpha value is -1.38. The van der Waals surface area contributed by atoms with Gasteiger partial charge in [-0.1, -0.05) is 0 Å². The van der Waals surface area contributed by atoms with Gasteiger partial charge in [-0.05, 0) is 44.2 Å². The number of hydrogen-bond donors (Lipinski definition) is 3. The lowest BCUT2D eigenvalue weighted by Gasteiger charge is -2.05. The first-order chi connectivity index (χ1) is 12.2. The van der Waals surface area contributed by atoms with Gasteiger partial charge in [-0.3, -0.25) is 9.59 Å². The summed E-state index contributed by atoms with van der Waals surface area (Å²) in [5.74, 6) is 2.10. The standard InChI is InChI=1S/C17H24N4O2S2/c18-7-1-2-8-19-14(22)6-9-24-10-13-20-16(23)15-11-4-3-5-12(11)25-17(15)21-13/h1-10,18H2,(H,19,22)(H,20,21,23). The Labute approximate surface area is 155 Å². The van der Waals surface area contributed by atoms with Crippen molar-refractivity contribution in [3.05, 3.63) is 26.6 Å². The van der Waals surface area contributed by atoms with Gasteiger partial charge in [0.05, 0.1) is 11.1 Å². The summed E-state index contributed by atoms with van der Waals surface area (Å²) in [4.78, 5) is 33.8. The number of unbranched alkanes of at least 4 members (excludes halogenated alkanes) is 1. The molecule has 0 bridgehead atoms. The lowest BCUT2D eigenvalue weighted by atomic mass is 10.2. The molecule has 0 radical (unpaired) electrons. The van der Waals surface area contributed by atoms with Crippen LogP contribution in [0.3, 0.4) is 0 Å². The second-order valence-corrected chi connectivity index (χ2v) is 8.39. The fourth-order valence-corrected chi connectivity index (χ4v) is 5.12. The van der Waals surface area contributed by atoms with Gasteiger partial charge in [0, 0.05) is 23.6 Å². The van der Waals surface area contributed by atoms with Gasteiger partial charge in [0.15, 0.2) is 0 Å². The van der Waals surface area contributed by atoms with Crippen LogP contribution in [0.5, 0.6) is 0 Å². The number of nitrogens with one attached hydrogen (secondary N) is 2. The van der Waals surface area contributed by atoms with E-state index in [0.717, 1.165) is 42.3 Å². The molecule has 3 rings (SSSR count). The SMILES string of the molecule is NCCCCNC(=O)CCSCc1nc2sc3c(c2c(=O)[nH]1)CCC3. The molecule has 1 amide bonds. The topological polar surface area (TPSA) is 101 Å². The van der Waals surface area contributed by atoms with Crippen LogP contribution in [-0.4, -0.2) is 34.7 Å². The lowest BCUT2D eigenvalue weighted by Crippen LogP contribution is -2.25. The van der Waals surface area contributed by atoms with Gasteiger partial charge < -0.3 is 16.0 Å². The molecule has 1 aliphatic rings. The van der Waals surface area contributed by atoms with Crippen molar-refractivity contribution in [3.8, 4) is 0 Å². The van der Waals surface area contributed by atoms with E-state index in [9.17, 15) is 9.59 Å². The molecule has 2 heterocycles. The van der Waals surface area contributed by atoms with Crippen LogP contribution in [0.15, 0.2) is 4.79 Å².